The summed E-state index contributed by atoms with van der Waals surface area (Å²) >= 11 is 1.37. The van der Waals surface area contributed by atoms with E-state index in [4.69, 9.17) is 9.97 Å². The van der Waals surface area contributed by atoms with Crippen LogP contribution in [0.4, 0.5) is 0 Å². The molecule has 156 valence electrons. The molecule has 8 heteroatoms. The Bertz CT molecular complexity index is 1280. The fourth-order valence-electron chi connectivity index (χ4n) is 3.68. The standard InChI is InChI=1S/C23H22N6OS/c1-15(2)21-26-22-17-10-6-7-11-18(17)25-23(29(22)27-21)31-14-20(30)28-19(12-13-24-28)16-8-4-3-5-9-16/h3-11,13,15,19H,12,14H2,1-2H3. The number of hydrogen-bond acceptors (Lipinski definition) is 6. The molecule has 0 saturated heterocycles. The third-order valence-electron chi connectivity index (χ3n) is 5.28. The van der Waals surface area contributed by atoms with E-state index in [2.05, 4.69) is 24.0 Å². The molecule has 1 atom stereocenters. The highest BCUT2D eigenvalue weighted by molar-refractivity contribution is 7.99. The van der Waals surface area contributed by atoms with Crippen molar-refractivity contribution in [2.75, 3.05) is 5.75 Å². The number of rotatable bonds is 5. The van der Waals surface area contributed by atoms with Gasteiger partial charge in [0.1, 0.15) is 0 Å². The van der Waals surface area contributed by atoms with Crippen LogP contribution >= 0.6 is 11.8 Å². The van der Waals surface area contributed by atoms with Gasteiger partial charge in [0.2, 0.25) is 0 Å². The fraction of sp³-hybridized carbons (Fsp3) is 0.261. The summed E-state index contributed by atoms with van der Waals surface area (Å²) in [7, 11) is 0. The van der Waals surface area contributed by atoms with Gasteiger partial charge in [0.25, 0.3) is 5.91 Å². The number of benzene rings is 2. The molecule has 31 heavy (non-hydrogen) atoms. The van der Waals surface area contributed by atoms with Gasteiger partial charge in [-0.2, -0.15) is 9.62 Å². The second-order valence-corrected chi connectivity index (χ2v) is 8.70. The molecule has 1 aliphatic heterocycles. The van der Waals surface area contributed by atoms with Crippen molar-refractivity contribution in [1.29, 1.82) is 0 Å². The van der Waals surface area contributed by atoms with Gasteiger partial charge in [-0.15, -0.1) is 5.10 Å². The van der Waals surface area contributed by atoms with Gasteiger partial charge < -0.3 is 0 Å². The number of fused-ring (bicyclic) bond motifs is 3. The minimum absolute atomic E-state index is 0.0556. The van der Waals surface area contributed by atoms with Crippen LogP contribution in [0.2, 0.25) is 0 Å². The number of carbonyl (C=O) groups excluding carboxylic acids is 1. The second kappa shape index (κ2) is 8.11. The molecule has 0 saturated carbocycles. The minimum Gasteiger partial charge on any atom is -0.272 e. The molecule has 5 rings (SSSR count). The molecular weight excluding hydrogens is 408 g/mol. The van der Waals surface area contributed by atoms with Crippen molar-refractivity contribution in [2.45, 2.75) is 37.4 Å². The molecule has 0 radical (unpaired) electrons. The van der Waals surface area contributed by atoms with E-state index in [9.17, 15) is 4.79 Å². The first-order valence-corrected chi connectivity index (χ1v) is 11.3. The van der Waals surface area contributed by atoms with Gasteiger partial charge in [0.05, 0.1) is 17.3 Å². The maximum atomic E-state index is 13.0. The first-order valence-electron chi connectivity index (χ1n) is 10.3. The Morgan fingerprint density at radius 1 is 1.10 bits per heavy atom. The van der Waals surface area contributed by atoms with Gasteiger partial charge in [-0.1, -0.05) is 68.1 Å². The van der Waals surface area contributed by atoms with Crippen LogP contribution in [0, 0.1) is 0 Å². The lowest BCUT2D eigenvalue weighted by Gasteiger charge is -2.22. The van der Waals surface area contributed by atoms with E-state index >= 15 is 0 Å². The quantitative estimate of drug-likeness (QED) is 0.345. The van der Waals surface area contributed by atoms with Crippen molar-refractivity contribution >= 4 is 40.4 Å². The molecule has 3 heterocycles. The average Bonchev–Trinajstić information content (AvgIpc) is 3.46. The summed E-state index contributed by atoms with van der Waals surface area (Å²) in [6, 6.07) is 17.8. The number of hydrogen-bond donors (Lipinski definition) is 0. The molecule has 0 fully saturated rings. The lowest BCUT2D eigenvalue weighted by molar-refractivity contribution is -0.130. The van der Waals surface area contributed by atoms with Crippen molar-refractivity contribution in [2.24, 2.45) is 5.10 Å². The van der Waals surface area contributed by atoms with Gasteiger partial charge >= 0.3 is 0 Å². The van der Waals surface area contributed by atoms with Gasteiger partial charge in [0.15, 0.2) is 16.6 Å². The number of aromatic nitrogens is 4. The first kappa shape index (κ1) is 19.7. The Morgan fingerprint density at radius 3 is 2.68 bits per heavy atom. The van der Waals surface area contributed by atoms with Crippen molar-refractivity contribution in [3.8, 4) is 0 Å². The molecule has 1 aliphatic rings. The molecular formula is C23H22N6OS. The number of hydrazone groups is 1. The lowest BCUT2D eigenvalue weighted by Crippen LogP contribution is -2.28. The summed E-state index contributed by atoms with van der Waals surface area (Å²) in [4.78, 5) is 22.5. The normalized spacial score (nSPS) is 16.1. The molecule has 0 aliphatic carbocycles. The maximum Gasteiger partial charge on any atom is 0.253 e. The minimum atomic E-state index is -0.0576. The second-order valence-electron chi connectivity index (χ2n) is 7.76. The number of nitrogens with zero attached hydrogens (tertiary/aromatic N) is 6. The van der Waals surface area contributed by atoms with Crippen molar-refractivity contribution in [3.63, 3.8) is 0 Å². The molecule has 2 aromatic heterocycles. The van der Waals surface area contributed by atoms with Crippen molar-refractivity contribution in [1.82, 2.24) is 24.6 Å². The lowest BCUT2D eigenvalue weighted by atomic mass is 10.0. The van der Waals surface area contributed by atoms with Gasteiger partial charge in [-0.25, -0.2) is 15.0 Å². The number of carbonyl (C=O) groups is 1. The first-order chi connectivity index (χ1) is 15.1. The summed E-state index contributed by atoms with van der Waals surface area (Å²) < 4.78 is 1.76. The van der Waals surface area contributed by atoms with Gasteiger partial charge in [-0.3, -0.25) is 4.79 Å². The Labute approximate surface area is 184 Å². The third kappa shape index (κ3) is 3.67. The molecule has 7 nitrogen and oxygen atoms in total. The SMILES string of the molecule is CC(C)c1nc2c3ccccc3nc(SCC(=O)N3N=CCC3c3ccccc3)n2n1. The largest absolute Gasteiger partial charge is 0.272 e. The summed E-state index contributed by atoms with van der Waals surface area (Å²) in [6.45, 7) is 4.13. The van der Waals surface area contributed by atoms with Crippen molar-refractivity contribution in [3.05, 3.63) is 66.0 Å². The van der Waals surface area contributed by atoms with Crippen LogP contribution in [0.25, 0.3) is 16.6 Å². The molecule has 1 unspecified atom stereocenters. The number of thioether (sulfide) groups is 1. The summed E-state index contributed by atoms with van der Waals surface area (Å²) in [5.74, 6) is 1.13. The monoisotopic (exact) mass is 430 g/mol. The van der Waals surface area contributed by atoms with E-state index in [1.54, 1.807) is 15.7 Å². The van der Waals surface area contributed by atoms with E-state index in [-0.39, 0.29) is 23.6 Å². The molecule has 0 spiro atoms. The molecule has 1 amide bonds. The zero-order chi connectivity index (χ0) is 21.4. The fourth-order valence-corrected chi connectivity index (χ4v) is 4.48. The van der Waals surface area contributed by atoms with Crippen LogP contribution in [0.5, 0.6) is 0 Å². The number of para-hydroxylation sites is 1. The average molecular weight is 431 g/mol. The molecule has 2 aromatic carbocycles. The zero-order valence-corrected chi connectivity index (χ0v) is 18.2. The Kier molecular flexibility index (Phi) is 5.15. The highest BCUT2D eigenvalue weighted by Gasteiger charge is 2.28. The predicted octanol–water partition coefficient (Wildman–Crippen LogP) is 4.45. The molecule has 0 N–H and O–H groups in total. The van der Waals surface area contributed by atoms with Crippen LogP contribution < -0.4 is 0 Å². The Morgan fingerprint density at radius 2 is 1.87 bits per heavy atom. The van der Waals surface area contributed by atoms with Crippen LogP contribution in [0.3, 0.4) is 0 Å². The van der Waals surface area contributed by atoms with E-state index < -0.39 is 0 Å². The van der Waals surface area contributed by atoms with Gasteiger partial charge in [-0.05, 0) is 17.7 Å². The van der Waals surface area contributed by atoms with E-state index in [0.29, 0.717) is 5.16 Å². The van der Waals surface area contributed by atoms with Gasteiger partial charge in [0, 0.05) is 23.9 Å². The van der Waals surface area contributed by atoms with Crippen LogP contribution in [-0.4, -0.2) is 42.5 Å². The third-order valence-corrected chi connectivity index (χ3v) is 6.19. The Hall–Kier alpha value is -3.26. The van der Waals surface area contributed by atoms with E-state index in [0.717, 1.165) is 34.4 Å². The van der Waals surface area contributed by atoms with Crippen molar-refractivity contribution < 1.29 is 4.79 Å². The Balaban J connectivity index is 1.43. The number of amides is 1. The summed E-state index contributed by atoms with van der Waals surface area (Å²) in [5, 5.41) is 12.2. The predicted molar refractivity (Wildman–Crippen MR) is 122 cm³/mol. The highest BCUT2D eigenvalue weighted by Crippen LogP contribution is 2.30. The molecule has 4 aromatic rings. The smallest absolute Gasteiger partial charge is 0.253 e. The zero-order valence-electron chi connectivity index (χ0n) is 17.3. The topological polar surface area (TPSA) is 75.8 Å². The summed E-state index contributed by atoms with van der Waals surface area (Å²) in [6.07, 6.45) is 2.53. The van der Waals surface area contributed by atoms with E-state index in [1.165, 1.54) is 11.8 Å². The summed E-state index contributed by atoms with van der Waals surface area (Å²) in [5.41, 5.74) is 2.70. The van der Waals surface area contributed by atoms with Crippen LogP contribution in [0.1, 0.15) is 43.6 Å². The maximum absolute atomic E-state index is 13.0. The van der Waals surface area contributed by atoms with Crippen LogP contribution in [-0.2, 0) is 4.79 Å². The molecule has 0 bridgehead atoms. The van der Waals surface area contributed by atoms with Crippen LogP contribution in [0.15, 0.2) is 64.9 Å². The van der Waals surface area contributed by atoms with E-state index in [1.807, 2.05) is 54.6 Å². The highest BCUT2D eigenvalue weighted by atomic mass is 32.2.